The molecule has 0 spiro atoms. The fourth-order valence-electron chi connectivity index (χ4n) is 2.67. The van der Waals surface area contributed by atoms with E-state index in [1.165, 1.54) is 24.3 Å². The Kier molecular flexibility index (Phi) is 4.53. The molecule has 0 aliphatic carbocycles. The first-order chi connectivity index (χ1) is 11.4. The molecule has 2 aromatic carbocycles. The van der Waals surface area contributed by atoms with Gasteiger partial charge in [0.25, 0.3) is 0 Å². The fraction of sp³-hybridized carbons (Fsp3) is 0.235. The highest BCUT2D eigenvalue weighted by Gasteiger charge is 2.22. The summed E-state index contributed by atoms with van der Waals surface area (Å²) in [5.41, 5.74) is 1.57. The van der Waals surface area contributed by atoms with Gasteiger partial charge in [0.2, 0.25) is 15.9 Å². The van der Waals surface area contributed by atoms with E-state index in [1.807, 2.05) is 0 Å². The Morgan fingerprint density at radius 3 is 2.54 bits per heavy atom. The van der Waals surface area contributed by atoms with Crippen LogP contribution in [0.1, 0.15) is 18.4 Å². The Labute approximate surface area is 140 Å². The Morgan fingerprint density at radius 1 is 1.12 bits per heavy atom. The van der Waals surface area contributed by atoms with Crippen LogP contribution in [0.25, 0.3) is 0 Å². The predicted molar refractivity (Wildman–Crippen MR) is 90.7 cm³/mol. The van der Waals surface area contributed by atoms with Gasteiger partial charge in [-0.25, -0.2) is 12.8 Å². The Hall–Kier alpha value is -2.41. The van der Waals surface area contributed by atoms with Crippen LogP contribution in [0.5, 0.6) is 0 Å². The van der Waals surface area contributed by atoms with Crippen LogP contribution in [0, 0.1) is 5.82 Å². The van der Waals surface area contributed by atoms with Gasteiger partial charge in [-0.3, -0.25) is 9.52 Å². The fourth-order valence-corrected chi connectivity index (χ4v) is 3.86. The van der Waals surface area contributed by atoms with Crippen molar-refractivity contribution in [2.75, 3.05) is 16.2 Å². The number of carbonyl (C=O) groups is 1. The minimum Gasteiger partial charge on any atom is -0.312 e. The monoisotopic (exact) mass is 348 g/mol. The van der Waals surface area contributed by atoms with Gasteiger partial charge in [0.1, 0.15) is 5.82 Å². The summed E-state index contributed by atoms with van der Waals surface area (Å²) in [7, 11) is -3.63. The molecule has 0 saturated carbocycles. The van der Waals surface area contributed by atoms with Gasteiger partial charge in [-0.15, -0.1) is 0 Å². The molecule has 1 fully saturated rings. The second-order valence-corrected chi connectivity index (χ2v) is 7.41. The summed E-state index contributed by atoms with van der Waals surface area (Å²) in [6, 6.07) is 12.1. The number of carbonyl (C=O) groups excluding carboxylic acids is 1. The normalized spacial score (nSPS) is 14.9. The molecule has 0 aromatic heterocycles. The molecule has 1 saturated heterocycles. The Bertz CT molecular complexity index is 850. The number of sulfonamides is 1. The number of benzene rings is 2. The highest BCUT2D eigenvalue weighted by Crippen LogP contribution is 2.25. The lowest BCUT2D eigenvalue weighted by Crippen LogP contribution is -2.23. The average molecular weight is 348 g/mol. The Balaban J connectivity index is 1.75. The maximum Gasteiger partial charge on any atom is 0.236 e. The van der Waals surface area contributed by atoms with Gasteiger partial charge in [0.05, 0.1) is 11.4 Å². The van der Waals surface area contributed by atoms with Crippen molar-refractivity contribution in [2.24, 2.45) is 0 Å². The second-order valence-electron chi connectivity index (χ2n) is 5.69. The molecule has 1 aliphatic heterocycles. The van der Waals surface area contributed by atoms with E-state index in [4.69, 9.17) is 0 Å². The predicted octanol–water partition coefficient (Wildman–Crippen LogP) is 2.89. The average Bonchev–Trinajstić information content (AvgIpc) is 2.95. The first-order valence-corrected chi connectivity index (χ1v) is 9.23. The smallest absolute Gasteiger partial charge is 0.236 e. The van der Waals surface area contributed by atoms with E-state index in [-0.39, 0.29) is 11.7 Å². The zero-order valence-corrected chi connectivity index (χ0v) is 13.7. The van der Waals surface area contributed by atoms with Crippen LogP contribution in [0.3, 0.4) is 0 Å². The number of hydrogen-bond acceptors (Lipinski definition) is 3. The third kappa shape index (κ3) is 3.91. The van der Waals surface area contributed by atoms with E-state index < -0.39 is 15.8 Å². The van der Waals surface area contributed by atoms with Crippen molar-refractivity contribution in [1.82, 2.24) is 0 Å². The van der Waals surface area contributed by atoms with Crippen LogP contribution < -0.4 is 9.62 Å². The molecular weight excluding hydrogens is 331 g/mol. The second kappa shape index (κ2) is 6.60. The lowest BCUT2D eigenvalue weighted by molar-refractivity contribution is -0.117. The summed E-state index contributed by atoms with van der Waals surface area (Å²) < 4.78 is 39.9. The number of hydrogen-bond donors (Lipinski definition) is 1. The summed E-state index contributed by atoms with van der Waals surface area (Å²) in [6.07, 6.45) is 1.32. The number of anilines is 2. The molecule has 3 rings (SSSR count). The van der Waals surface area contributed by atoms with Gasteiger partial charge < -0.3 is 4.90 Å². The molecule has 2 aromatic rings. The van der Waals surface area contributed by atoms with Crippen LogP contribution in [-0.2, 0) is 20.6 Å². The molecule has 7 heteroatoms. The lowest BCUT2D eigenvalue weighted by atomic mass is 10.2. The molecule has 0 unspecified atom stereocenters. The molecule has 24 heavy (non-hydrogen) atoms. The SMILES string of the molecule is O=C1CCCN1c1cccc(NS(=O)(=O)Cc2ccc(F)cc2)c1. The zero-order chi connectivity index (χ0) is 17.2. The van der Waals surface area contributed by atoms with E-state index in [1.54, 1.807) is 29.2 Å². The van der Waals surface area contributed by atoms with Crippen molar-refractivity contribution < 1.29 is 17.6 Å². The number of halogens is 1. The number of amides is 1. The zero-order valence-electron chi connectivity index (χ0n) is 12.9. The van der Waals surface area contributed by atoms with Crippen molar-refractivity contribution in [3.05, 3.63) is 59.9 Å². The quantitative estimate of drug-likeness (QED) is 0.903. The van der Waals surface area contributed by atoms with E-state index in [9.17, 15) is 17.6 Å². The highest BCUT2D eigenvalue weighted by molar-refractivity contribution is 7.91. The summed E-state index contributed by atoms with van der Waals surface area (Å²) in [6.45, 7) is 0.643. The van der Waals surface area contributed by atoms with Crippen molar-refractivity contribution >= 4 is 27.3 Å². The molecular formula is C17H17FN2O3S. The summed E-state index contributed by atoms with van der Waals surface area (Å²) in [5, 5.41) is 0. The van der Waals surface area contributed by atoms with Crippen LogP contribution >= 0.6 is 0 Å². The molecule has 1 N–H and O–H groups in total. The molecule has 5 nitrogen and oxygen atoms in total. The maximum absolute atomic E-state index is 12.9. The number of rotatable bonds is 5. The van der Waals surface area contributed by atoms with E-state index >= 15 is 0 Å². The Morgan fingerprint density at radius 2 is 1.88 bits per heavy atom. The van der Waals surface area contributed by atoms with E-state index in [2.05, 4.69) is 4.72 Å². The molecule has 0 atom stereocenters. The first kappa shape index (κ1) is 16.4. The largest absolute Gasteiger partial charge is 0.312 e. The third-order valence-corrected chi connectivity index (χ3v) is 5.03. The lowest BCUT2D eigenvalue weighted by Gasteiger charge is -2.17. The number of nitrogens with zero attached hydrogens (tertiary/aromatic N) is 1. The van der Waals surface area contributed by atoms with Crippen LogP contribution in [0.15, 0.2) is 48.5 Å². The van der Waals surface area contributed by atoms with Crippen molar-refractivity contribution in [2.45, 2.75) is 18.6 Å². The standard InChI is InChI=1S/C17H17FN2O3S/c18-14-8-6-13(7-9-14)12-24(22,23)19-15-3-1-4-16(11-15)20-10-2-5-17(20)21/h1,3-4,6-9,11,19H,2,5,10,12H2. The van der Waals surface area contributed by atoms with E-state index in [0.29, 0.717) is 29.9 Å². The summed E-state index contributed by atoms with van der Waals surface area (Å²) in [4.78, 5) is 13.4. The minimum atomic E-state index is -3.63. The number of nitrogens with one attached hydrogen (secondary N) is 1. The van der Waals surface area contributed by atoms with Crippen molar-refractivity contribution in [1.29, 1.82) is 0 Å². The van der Waals surface area contributed by atoms with E-state index in [0.717, 1.165) is 6.42 Å². The molecule has 1 aliphatic rings. The highest BCUT2D eigenvalue weighted by atomic mass is 32.2. The van der Waals surface area contributed by atoms with Crippen LogP contribution in [0.2, 0.25) is 0 Å². The van der Waals surface area contributed by atoms with Crippen molar-refractivity contribution in [3.63, 3.8) is 0 Å². The molecule has 1 heterocycles. The molecule has 1 amide bonds. The minimum absolute atomic E-state index is 0.0429. The molecule has 0 radical (unpaired) electrons. The van der Waals surface area contributed by atoms with Crippen molar-refractivity contribution in [3.8, 4) is 0 Å². The van der Waals surface area contributed by atoms with Gasteiger partial charge in [-0.2, -0.15) is 0 Å². The summed E-state index contributed by atoms with van der Waals surface area (Å²) in [5.74, 6) is -0.617. The van der Waals surface area contributed by atoms with Crippen LogP contribution in [0.4, 0.5) is 15.8 Å². The maximum atomic E-state index is 12.9. The van der Waals surface area contributed by atoms with Gasteiger partial charge in [-0.1, -0.05) is 18.2 Å². The van der Waals surface area contributed by atoms with Gasteiger partial charge in [0.15, 0.2) is 0 Å². The third-order valence-electron chi connectivity index (χ3n) is 3.77. The summed E-state index contributed by atoms with van der Waals surface area (Å²) >= 11 is 0. The van der Waals surface area contributed by atoms with Gasteiger partial charge in [-0.05, 0) is 42.3 Å². The van der Waals surface area contributed by atoms with Crippen LogP contribution in [-0.4, -0.2) is 20.9 Å². The molecule has 126 valence electrons. The van der Waals surface area contributed by atoms with Gasteiger partial charge in [0, 0.05) is 18.7 Å². The van der Waals surface area contributed by atoms with Gasteiger partial charge >= 0.3 is 0 Å². The topological polar surface area (TPSA) is 66.5 Å². The molecule has 0 bridgehead atoms. The first-order valence-electron chi connectivity index (χ1n) is 7.58.